The highest BCUT2D eigenvalue weighted by Gasteiger charge is 2.33. The molecule has 0 aromatic carbocycles. The zero-order valence-electron chi connectivity index (χ0n) is 10.3. The van der Waals surface area contributed by atoms with E-state index in [1.54, 1.807) is 4.90 Å². The van der Waals surface area contributed by atoms with Crippen molar-refractivity contribution < 1.29 is 4.79 Å². The molecule has 5 nitrogen and oxygen atoms in total. The van der Waals surface area contributed by atoms with Gasteiger partial charge in [0.1, 0.15) is 5.84 Å². The fraction of sp³-hybridized carbons (Fsp3) is 0.833. The van der Waals surface area contributed by atoms with E-state index in [0.29, 0.717) is 0 Å². The zero-order chi connectivity index (χ0) is 12.3. The van der Waals surface area contributed by atoms with E-state index in [0.717, 1.165) is 45.3 Å². The third-order valence-electron chi connectivity index (χ3n) is 3.73. The fourth-order valence-electron chi connectivity index (χ4n) is 2.76. The summed E-state index contributed by atoms with van der Waals surface area (Å²) in [7, 11) is 0. The Morgan fingerprint density at radius 2 is 1.71 bits per heavy atom. The number of amides is 2. The van der Waals surface area contributed by atoms with Gasteiger partial charge in [0.2, 0.25) is 0 Å². The first-order valence-electron chi connectivity index (χ1n) is 6.59. The Morgan fingerprint density at radius 1 is 1.06 bits per heavy atom. The molecule has 2 fully saturated rings. The Balaban J connectivity index is 2.00. The van der Waals surface area contributed by atoms with Crippen LogP contribution < -0.4 is 5.73 Å². The molecule has 0 saturated carbocycles. The van der Waals surface area contributed by atoms with Gasteiger partial charge in [0.15, 0.2) is 0 Å². The maximum Gasteiger partial charge on any atom is 0.320 e. The molecular formula is C12H22N4O. The van der Waals surface area contributed by atoms with Crippen molar-refractivity contribution in [2.75, 3.05) is 19.6 Å². The number of likely N-dealkylation sites (tertiary alicyclic amines) is 2. The molecule has 0 spiro atoms. The Hall–Kier alpha value is -1.26. The van der Waals surface area contributed by atoms with E-state index in [2.05, 4.69) is 0 Å². The summed E-state index contributed by atoms with van der Waals surface area (Å²) in [6, 6.07) is -0.0737. The van der Waals surface area contributed by atoms with Gasteiger partial charge >= 0.3 is 6.03 Å². The molecule has 2 heterocycles. The average Bonchev–Trinajstić information content (AvgIpc) is 2.64. The van der Waals surface area contributed by atoms with Gasteiger partial charge in [0, 0.05) is 19.6 Å². The number of nitrogens with two attached hydrogens (primary N) is 1. The maximum atomic E-state index is 12.4. The summed E-state index contributed by atoms with van der Waals surface area (Å²) in [5, 5.41) is 7.54. The van der Waals surface area contributed by atoms with Gasteiger partial charge in [-0.15, -0.1) is 0 Å². The monoisotopic (exact) mass is 238 g/mol. The molecule has 2 rings (SSSR count). The first kappa shape index (κ1) is 12.2. The van der Waals surface area contributed by atoms with Gasteiger partial charge in [-0.2, -0.15) is 0 Å². The zero-order valence-corrected chi connectivity index (χ0v) is 10.3. The van der Waals surface area contributed by atoms with E-state index >= 15 is 0 Å². The molecule has 96 valence electrons. The van der Waals surface area contributed by atoms with Crippen LogP contribution in [-0.2, 0) is 0 Å². The normalized spacial score (nSPS) is 25.8. The highest BCUT2D eigenvalue weighted by atomic mass is 16.2. The molecule has 5 heteroatoms. The van der Waals surface area contributed by atoms with E-state index in [1.165, 1.54) is 12.8 Å². The Labute approximate surface area is 102 Å². The number of rotatable bonds is 1. The second-order valence-electron chi connectivity index (χ2n) is 4.99. The van der Waals surface area contributed by atoms with Gasteiger partial charge in [-0.1, -0.05) is 12.8 Å². The molecule has 17 heavy (non-hydrogen) atoms. The minimum Gasteiger partial charge on any atom is -0.386 e. The van der Waals surface area contributed by atoms with E-state index < -0.39 is 0 Å². The lowest BCUT2D eigenvalue weighted by Gasteiger charge is -2.30. The number of amidine groups is 1. The second-order valence-corrected chi connectivity index (χ2v) is 4.99. The van der Waals surface area contributed by atoms with E-state index in [-0.39, 0.29) is 17.9 Å². The molecule has 0 aromatic rings. The molecule has 0 aliphatic carbocycles. The summed E-state index contributed by atoms with van der Waals surface area (Å²) in [5.74, 6) is 0.130. The summed E-state index contributed by atoms with van der Waals surface area (Å²) < 4.78 is 0. The molecule has 2 amide bonds. The molecule has 1 unspecified atom stereocenters. The van der Waals surface area contributed by atoms with Gasteiger partial charge in [-0.05, 0) is 25.7 Å². The van der Waals surface area contributed by atoms with E-state index in [9.17, 15) is 4.79 Å². The number of carbonyl (C=O) groups is 1. The van der Waals surface area contributed by atoms with Crippen LogP contribution in [0.25, 0.3) is 0 Å². The van der Waals surface area contributed by atoms with Crippen LogP contribution in [-0.4, -0.2) is 47.3 Å². The summed E-state index contributed by atoms with van der Waals surface area (Å²) >= 11 is 0. The van der Waals surface area contributed by atoms with Crippen LogP contribution in [0.3, 0.4) is 0 Å². The van der Waals surface area contributed by atoms with Gasteiger partial charge in [-0.25, -0.2) is 4.79 Å². The highest BCUT2D eigenvalue weighted by Crippen LogP contribution is 2.20. The Bertz CT molecular complexity index is 297. The van der Waals surface area contributed by atoms with E-state index in [4.69, 9.17) is 11.1 Å². The third kappa shape index (κ3) is 2.70. The molecule has 0 radical (unpaired) electrons. The van der Waals surface area contributed by atoms with Crippen LogP contribution in [0, 0.1) is 5.41 Å². The van der Waals surface area contributed by atoms with Crippen LogP contribution in [0.5, 0.6) is 0 Å². The summed E-state index contributed by atoms with van der Waals surface area (Å²) in [6.07, 6.45) is 6.45. The van der Waals surface area contributed by atoms with Crippen LogP contribution in [0.4, 0.5) is 4.79 Å². The largest absolute Gasteiger partial charge is 0.386 e. The maximum absolute atomic E-state index is 12.4. The fourth-order valence-corrected chi connectivity index (χ4v) is 2.76. The number of nitrogens with one attached hydrogen (secondary N) is 1. The lowest BCUT2D eigenvalue weighted by molar-refractivity contribution is 0.158. The van der Waals surface area contributed by atoms with Gasteiger partial charge in [0.25, 0.3) is 0 Å². The molecule has 2 saturated heterocycles. The number of hydrogen-bond donors (Lipinski definition) is 2. The minimum absolute atomic E-state index is 0.0876. The summed E-state index contributed by atoms with van der Waals surface area (Å²) in [5.41, 5.74) is 5.56. The number of urea groups is 1. The lowest BCUT2D eigenvalue weighted by Crippen LogP contribution is -2.49. The van der Waals surface area contributed by atoms with Crippen LogP contribution in [0.1, 0.15) is 38.5 Å². The molecule has 3 N–H and O–H groups in total. The van der Waals surface area contributed by atoms with Gasteiger partial charge < -0.3 is 15.5 Å². The molecule has 1 atom stereocenters. The minimum atomic E-state index is -0.161. The van der Waals surface area contributed by atoms with Crippen molar-refractivity contribution in [2.45, 2.75) is 44.6 Å². The van der Waals surface area contributed by atoms with Crippen molar-refractivity contribution in [3.8, 4) is 0 Å². The molecule has 0 aromatic heterocycles. The Morgan fingerprint density at radius 3 is 2.29 bits per heavy atom. The van der Waals surface area contributed by atoms with Gasteiger partial charge in [-0.3, -0.25) is 5.41 Å². The summed E-state index contributed by atoms with van der Waals surface area (Å²) in [6.45, 7) is 2.47. The molecular weight excluding hydrogens is 216 g/mol. The average molecular weight is 238 g/mol. The predicted molar refractivity (Wildman–Crippen MR) is 67.1 cm³/mol. The first-order chi connectivity index (χ1) is 8.20. The lowest BCUT2D eigenvalue weighted by atomic mass is 10.2. The summed E-state index contributed by atoms with van der Waals surface area (Å²) in [4.78, 5) is 16.1. The first-order valence-corrected chi connectivity index (χ1v) is 6.59. The highest BCUT2D eigenvalue weighted by molar-refractivity contribution is 5.88. The third-order valence-corrected chi connectivity index (χ3v) is 3.73. The number of carbonyl (C=O) groups excluding carboxylic acids is 1. The molecule has 2 aliphatic heterocycles. The predicted octanol–water partition coefficient (Wildman–Crippen LogP) is 1.38. The molecule has 2 aliphatic rings. The van der Waals surface area contributed by atoms with Crippen molar-refractivity contribution in [3.05, 3.63) is 0 Å². The van der Waals surface area contributed by atoms with Gasteiger partial charge in [0.05, 0.1) is 6.04 Å². The van der Waals surface area contributed by atoms with Crippen LogP contribution >= 0.6 is 0 Å². The van der Waals surface area contributed by atoms with Crippen molar-refractivity contribution >= 4 is 11.9 Å². The number of nitrogens with zero attached hydrogens (tertiary/aromatic N) is 2. The smallest absolute Gasteiger partial charge is 0.320 e. The van der Waals surface area contributed by atoms with Crippen molar-refractivity contribution in [1.29, 1.82) is 5.41 Å². The molecule has 0 bridgehead atoms. The SMILES string of the molecule is N=C(N)C1CCCN1C(=O)N1CCCCCC1. The topological polar surface area (TPSA) is 73.4 Å². The van der Waals surface area contributed by atoms with Crippen molar-refractivity contribution in [2.24, 2.45) is 5.73 Å². The van der Waals surface area contributed by atoms with Crippen LogP contribution in [0.2, 0.25) is 0 Å². The standard InChI is InChI=1S/C12H22N4O/c13-11(14)10-6-5-9-16(10)12(17)15-7-3-1-2-4-8-15/h10H,1-9H2,(H3,13,14). The quantitative estimate of drug-likeness (QED) is 0.535. The number of hydrogen-bond acceptors (Lipinski definition) is 2. The van der Waals surface area contributed by atoms with Crippen molar-refractivity contribution in [3.63, 3.8) is 0 Å². The Kier molecular flexibility index (Phi) is 3.86. The second kappa shape index (κ2) is 5.38. The van der Waals surface area contributed by atoms with E-state index in [1.807, 2.05) is 4.90 Å². The van der Waals surface area contributed by atoms with Crippen molar-refractivity contribution in [1.82, 2.24) is 9.80 Å². The van der Waals surface area contributed by atoms with Crippen LogP contribution in [0.15, 0.2) is 0 Å².